The average Bonchev–Trinajstić information content (AvgIpc) is 2.43. The summed E-state index contributed by atoms with van der Waals surface area (Å²) in [5.74, 6) is 5.61. The molecule has 1 amide bonds. The Morgan fingerprint density at radius 3 is 2.68 bits per heavy atom. The van der Waals surface area contributed by atoms with Gasteiger partial charge in [0.05, 0.1) is 6.54 Å². The monoisotopic (exact) mass is 260 g/mol. The van der Waals surface area contributed by atoms with Crippen LogP contribution in [0.4, 0.5) is 0 Å². The number of ether oxygens (including phenoxy) is 1. The molecule has 19 heavy (non-hydrogen) atoms. The predicted molar refractivity (Wildman–Crippen MR) is 75.8 cm³/mol. The third kappa shape index (κ3) is 5.56. The van der Waals surface area contributed by atoms with E-state index in [0.29, 0.717) is 18.7 Å². The molecule has 1 unspecified atom stereocenters. The van der Waals surface area contributed by atoms with Gasteiger partial charge < -0.3 is 15.8 Å². The quantitative estimate of drug-likeness (QED) is 0.781. The molecule has 1 rings (SSSR count). The van der Waals surface area contributed by atoms with Crippen molar-refractivity contribution in [2.45, 2.75) is 19.4 Å². The van der Waals surface area contributed by atoms with Gasteiger partial charge in [-0.05, 0) is 37.6 Å². The van der Waals surface area contributed by atoms with Crippen LogP contribution in [-0.2, 0) is 4.74 Å². The first kappa shape index (κ1) is 15.2. The van der Waals surface area contributed by atoms with Crippen molar-refractivity contribution in [3.8, 4) is 11.8 Å². The zero-order valence-corrected chi connectivity index (χ0v) is 11.4. The molecule has 0 saturated heterocycles. The fourth-order valence-electron chi connectivity index (χ4n) is 1.53. The molecule has 4 heteroatoms. The topological polar surface area (TPSA) is 64.3 Å². The van der Waals surface area contributed by atoms with Crippen LogP contribution in [0.1, 0.15) is 29.3 Å². The summed E-state index contributed by atoms with van der Waals surface area (Å²) in [6.45, 7) is 2.92. The maximum absolute atomic E-state index is 11.9. The predicted octanol–water partition coefficient (Wildman–Crippen LogP) is 1.15. The first-order valence-electron chi connectivity index (χ1n) is 6.26. The van der Waals surface area contributed by atoms with Gasteiger partial charge in [0.25, 0.3) is 5.91 Å². The lowest BCUT2D eigenvalue weighted by Crippen LogP contribution is -2.33. The molecule has 0 fully saturated rings. The number of rotatable bonds is 5. The minimum absolute atomic E-state index is 0.0815. The van der Waals surface area contributed by atoms with Crippen LogP contribution >= 0.6 is 0 Å². The van der Waals surface area contributed by atoms with Gasteiger partial charge in [0, 0.05) is 30.9 Å². The van der Waals surface area contributed by atoms with Crippen molar-refractivity contribution in [2.24, 2.45) is 5.73 Å². The molecule has 0 aromatic heterocycles. The van der Waals surface area contributed by atoms with Gasteiger partial charge in [-0.2, -0.15) is 0 Å². The van der Waals surface area contributed by atoms with Crippen LogP contribution in [0.25, 0.3) is 0 Å². The third-order valence-corrected chi connectivity index (χ3v) is 2.61. The normalized spacial score (nSPS) is 11.3. The SMILES string of the molecule is COCCC(C)NC(=O)c1ccc(C#CCN)cc1. The van der Waals surface area contributed by atoms with Gasteiger partial charge in [-0.1, -0.05) is 11.8 Å². The molecule has 102 valence electrons. The van der Waals surface area contributed by atoms with Crippen molar-refractivity contribution in [1.82, 2.24) is 5.32 Å². The lowest BCUT2D eigenvalue weighted by atomic mass is 10.1. The average molecular weight is 260 g/mol. The molecule has 0 saturated carbocycles. The van der Waals surface area contributed by atoms with Crippen LogP contribution in [0.5, 0.6) is 0 Å². The second-order valence-electron chi connectivity index (χ2n) is 4.24. The van der Waals surface area contributed by atoms with E-state index >= 15 is 0 Å². The molecule has 0 heterocycles. The number of methoxy groups -OCH3 is 1. The van der Waals surface area contributed by atoms with E-state index in [4.69, 9.17) is 10.5 Å². The van der Waals surface area contributed by atoms with Crippen molar-refractivity contribution in [2.75, 3.05) is 20.3 Å². The highest BCUT2D eigenvalue weighted by atomic mass is 16.5. The minimum Gasteiger partial charge on any atom is -0.385 e. The van der Waals surface area contributed by atoms with Crippen LogP contribution in [0.2, 0.25) is 0 Å². The van der Waals surface area contributed by atoms with Crippen LogP contribution in [0.3, 0.4) is 0 Å². The van der Waals surface area contributed by atoms with Gasteiger partial charge in [0.15, 0.2) is 0 Å². The van der Waals surface area contributed by atoms with E-state index in [0.717, 1.165) is 12.0 Å². The summed E-state index contributed by atoms with van der Waals surface area (Å²) in [7, 11) is 1.65. The molecule has 1 aromatic rings. The first-order chi connectivity index (χ1) is 9.17. The maximum Gasteiger partial charge on any atom is 0.251 e. The van der Waals surface area contributed by atoms with Gasteiger partial charge >= 0.3 is 0 Å². The van der Waals surface area contributed by atoms with Gasteiger partial charge in [0.1, 0.15) is 0 Å². The zero-order valence-electron chi connectivity index (χ0n) is 11.4. The Morgan fingerprint density at radius 1 is 1.42 bits per heavy atom. The summed E-state index contributed by atoms with van der Waals surface area (Å²) in [5, 5.41) is 2.92. The number of hydrogen-bond acceptors (Lipinski definition) is 3. The zero-order chi connectivity index (χ0) is 14.1. The highest BCUT2D eigenvalue weighted by Crippen LogP contribution is 2.04. The Bertz CT molecular complexity index is 457. The van der Waals surface area contributed by atoms with E-state index in [1.807, 2.05) is 19.1 Å². The summed E-state index contributed by atoms with van der Waals surface area (Å²) in [6, 6.07) is 7.25. The van der Waals surface area contributed by atoms with Crippen molar-refractivity contribution < 1.29 is 9.53 Å². The summed E-state index contributed by atoms with van der Waals surface area (Å²) >= 11 is 0. The summed E-state index contributed by atoms with van der Waals surface area (Å²) < 4.78 is 4.98. The van der Waals surface area contributed by atoms with Crippen LogP contribution in [-0.4, -0.2) is 32.2 Å². The van der Waals surface area contributed by atoms with Crippen LogP contribution < -0.4 is 11.1 Å². The molecule has 0 spiro atoms. The molecule has 3 N–H and O–H groups in total. The smallest absolute Gasteiger partial charge is 0.251 e. The van der Waals surface area contributed by atoms with Crippen molar-refractivity contribution in [1.29, 1.82) is 0 Å². The lowest BCUT2D eigenvalue weighted by molar-refractivity contribution is 0.0929. The molecule has 0 aliphatic rings. The van der Waals surface area contributed by atoms with Gasteiger partial charge in [0.2, 0.25) is 0 Å². The van der Waals surface area contributed by atoms with E-state index in [2.05, 4.69) is 17.2 Å². The number of carbonyl (C=O) groups excluding carboxylic acids is 1. The highest BCUT2D eigenvalue weighted by molar-refractivity contribution is 5.94. The van der Waals surface area contributed by atoms with Crippen molar-refractivity contribution in [3.05, 3.63) is 35.4 Å². The molecular formula is C15H20N2O2. The summed E-state index contributed by atoms with van der Waals surface area (Å²) in [6.07, 6.45) is 0.794. The third-order valence-electron chi connectivity index (χ3n) is 2.61. The second kappa shape index (κ2) is 8.30. The van der Waals surface area contributed by atoms with Crippen molar-refractivity contribution in [3.63, 3.8) is 0 Å². The summed E-state index contributed by atoms with van der Waals surface area (Å²) in [4.78, 5) is 11.9. The largest absolute Gasteiger partial charge is 0.385 e. The highest BCUT2D eigenvalue weighted by Gasteiger charge is 2.09. The molecule has 0 bridgehead atoms. The van der Waals surface area contributed by atoms with E-state index < -0.39 is 0 Å². The fourth-order valence-corrected chi connectivity index (χ4v) is 1.53. The van der Waals surface area contributed by atoms with Crippen LogP contribution in [0, 0.1) is 11.8 Å². The fraction of sp³-hybridized carbons (Fsp3) is 0.400. The number of carbonyl (C=O) groups is 1. The number of nitrogens with one attached hydrogen (secondary N) is 1. The Labute approximate surface area is 114 Å². The van der Waals surface area contributed by atoms with Gasteiger partial charge in [-0.15, -0.1) is 0 Å². The molecule has 1 atom stereocenters. The lowest BCUT2D eigenvalue weighted by Gasteiger charge is -2.13. The Balaban J connectivity index is 2.57. The molecular weight excluding hydrogens is 240 g/mol. The van der Waals surface area contributed by atoms with Crippen LogP contribution in [0.15, 0.2) is 24.3 Å². The Kier molecular flexibility index (Phi) is 6.65. The van der Waals surface area contributed by atoms with Crippen molar-refractivity contribution >= 4 is 5.91 Å². The standard InChI is InChI=1S/C15H20N2O2/c1-12(9-11-19-2)17-15(18)14-7-5-13(6-8-14)4-3-10-16/h5-8,12H,9-11,16H2,1-2H3,(H,17,18). The molecule has 4 nitrogen and oxygen atoms in total. The first-order valence-corrected chi connectivity index (χ1v) is 6.26. The minimum atomic E-state index is -0.0815. The van der Waals surface area contributed by atoms with Gasteiger partial charge in [-0.3, -0.25) is 4.79 Å². The second-order valence-corrected chi connectivity index (χ2v) is 4.24. The van der Waals surface area contributed by atoms with E-state index in [9.17, 15) is 4.79 Å². The Morgan fingerprint density at radius 2 is 2.11 bits per heavy atom. The number of hydrogen-bond donors (Lipinski definition) is 2. The number of benzene rings is 1. The van der Waals surface area contributed by atoms with E-state index in [1.54, 1.807) is 19.2 Å². The molecule has 0 aliphatic heterocycles. The Hall–Kier alpha value is -1.83. The number of amides is 1. The van der Waals surface area contributed by atoms with E-state index in [-0.39, 0.29) is 11.9 Å². The molecule has 0 aliphatic carbocycles. The molecule has 1 aromatic carbocycles. The number of nitrogens with two attached hydrogens (primary N) is 1. The maximum atomic E-state index is 11.9. The summed E-state index contributed by atoms with van der Waals surface area (Å²) in [5.41, 5.74) is 6.78. The van der Waals surface area contributed by atoms with E-state index in [1.165, 1.54) is 0 Å². The molecule has 0 radical (unpaired) electrons. The van der Waals surface area contributed by atoms with Gasteiger partial charge in [-0.25, -0.2) is 0 Å².